The van der Waals surface area contributed by atoms with E-state index in [1.807, 2.05) is 0 Å². The van der Waals surface area contributed by atoms with E-state index in [1.165, 1.54) is 17.1 Å². The molecule has 30 heavy (non-hydrogen) atoms. The predicted molar refractivity (Wildman–Crippen MR) is 116 cm³/mol. The van der Waals surface area contributed by atoms with Crippen molar-refractivity contribution >= 4 is 52.3 Å². The van der Waals surface area contributed by atoms with Crippen LogP contribution in [0.5, 0.6) is 0 Å². The van der Waals surface area contributed by atoms with Crippen molar-refractivity contribution in [3.05, 3.63) is 86.1 Å². The number of hydrogen-bond acceptors (Lipinski definition) is 5. The number of carbonyl (C=O) groups excluding carboxylic acids is 1. The average molecular weight is 442 g/mol. The third-order valence-corrected chi connectivity index (χ3v) is 5.20. The number of carbonyl (C=O) groups is 1. The van der Waals surface area contributed by atoms with E-state index in [0.29, 0.717) is 44.1 Å². The minimum absolute atomic E-state index is 0.0324. The van der Waals surface area contributed by atoms with Gasteiger partial charge in [-0.15, -0.1) is 0 Å². The lowest BCUT2D eigenvalue weighted by molar-refractivity contribution is -0.384. The number of hydrazone groups is 1. The highest BCUT2D eigenvalue weighted by molar-refractivity contribution is 6.42. The molecule has 1 amide bonds. The number of rotatable bonds is 4. The molecule has 0 atom stereocenters. The molecule has 0 aliphatic carbocycles. The smallest absolute Gasteiger partial charge is 0.280 e. The standard InChI is InChI=1S/C21H13Cl2N3O4/c1-12-17(21(27)25(24-12)14-5-7-18(22)19(23)10-14)11-16-6-8-20(30-16)13-3-2-4-15(9-13)26(28)29/h2-11H,1H3/b17-11-. The van der Waals surface area contributed by atoms with Gasteiger partial charge in [-0.25, -0.2) is 0 Å². The first-order chi connectivity index (χ1) is 14.3. The fraction of sp³-hybridized carbons (Fsp3) is 0.0476. The van der Waals surface area contributed by atoms with Crippen molar-refractivity contribution in [3.8, 4) is 11.3 Å². The van der Waals surface area contributed by atoms with Crippen LogP contribution in [0.25, 0.3) is 17.4 Å². The minimum Gasteiger partial charge on any atom is -0.457 e. The second kappa shape index (κ2) is 7.78. The molecule has 0 bridgehead atoms. The zero-order valence-electron chi connectivity index (χ0n) is 15.5. The fourth-order valence-corrected chi connectivity index (χ4v) is 3.27. The van der Waals surface area contributed by atoms with Crippen LogP contribution in [-0.2, 0) is 4.79 Å². The molecule has 2 aromatic carbocycles. The molecule has 2 heterocycles. The zero-order valence-corrected chi connectivity index (χ0v) is 17.0. The van der Waals surface area contributed by atoms with E-state index in [1.54, 1.807) is 55.5 Å². The molecule has 0 fully saturated rings. The van der Waals surface area contributed by atoms with Crippen molar-refractivity contribution in [3.63, 3.8) is 0 Å². The Hall–Kier alpha value is -3.42. The molecule has 0 spiro atoms. The number of halogens is 2. The molecule has 1 aliphatic heterocycles. The van der Waals surface area contributed by atoms with Crippen molar-refractivity contribution in [2.24, 2.45) is 5.10 Å². The van der Waals surface area contributed by atoms with Gasteiger partial charge in [0.25, 0.3) is 11.6 Å². The van der Waals surface area contributed by atoms with Crippen LogP contribution in [0, 0.1) is 10.1 Å². The van der Waals surface area contributed by atoms with E-state index in [2.05, 4.69) is 5.10 Å². The van der Waals surface area contributed by atoms with Gasteiger partial charge in [-0.1, -0.05) is 35.3 Å². The summed E-state index contributed by atoms with van der Waals surface area (Å²) in [7, 11) is 0. The van der Waals surface area contributed by atoms with Crippen molar-refractivity contribution < 1.29 is 14.1 Å². The van der Waals surface area contributed by atoms with Crippen molar-refractivity contribution in [1.82, 2.24) is 0 Å². The van der Waals surface area contributed by atoms with Crippen LogP contribution >= 0.6 is 23.2 Å². The molecule has 1 aliphatic rings. The number of non-ortho nitro benzene ring substituents is 1. The molecule has 150 valence electrons. The number of hydrogen-bond donors (Lipinski definition) is 0. The lowest BCUT2D eigenvalue weighted by Crippen LogP contribution is -2.21. The van der Waals surface area contributed by atoms with Crippen LogP contribution in [0.15, 0.2) is 69.7 Å². The molecule has 0 saturated heterocycles. The van der Waals surface area contributed by atoms with Gasteiger partial charge in [0.05, 0.1) is 31.9 Å². The summed E-state index contributed by atoms with van der Waals surface area (Å²) >= 11 is 12.0. The number of furan rings is 1. The minimum atomic E-state index is -0.468. The maximum atomic E-state index is 12.9. The largest absolute Gasteiger partial charge is 0.457 e. The summed E-state index contributed by atoms with van der Waals surface area (Å²) in [5.41, 5.74) is 1.90. The number of amides is 1. The molecular formula is C21H13Cl2N3O4. The van der Waals surface area contributed by atoms with Gasteiger partial charge in [-0.05, 0) is 43.3 Å². The second-order valence-electron chi connectivity index (χ2n) is 6.47. The summed E-state index contributed by atoms with van der Waals surface area (Å²) in [5.74, 6) is 0.538. The van der Waals surface area contributed by atoms with Gasteiger partial charge in [0.15, 0.2) is 0 Å². The van der Waals surface area contributed by atoms with E-state index in [9.17, 15) is 14.9 Å². The van der Waals surface area contributed by atoms with E-state index >= 15 is 0 Å². The number of benzene rings is 2. The maximum Gasteiger partial charge on any atom is 0.280 e. The number of anilines is 1. The maximum absolute atomic E-state index is 12.9. The Balaban J connectivity index is 1.62. The van der Waals surface area contributed by atoms with Crippen LogP contribution in [0.2, 0.25) is 10.0 Å². The highest BCUT2D eigenvalue weighted by atomic mass is 35.5. The van der Waals surface area contributed by atoms with Gasteiger partial charge in [0, 0.05) is 17.7 Å². The van der Waals surface area contributed by atoms with Crippen LogP contribution in [0.4, 0.5) is 11.4 Å². The van der Waals surface area contributed by atoms with Gasteiger partial charge in [0.1, 0.15) is 11.5 Å². The Bertz CT molecular complexity index is 1250. The SMILES string of the molecule is CC1=NN(c2ccc(Cl)c(Cl)c2)C(=O)/C1=C\c1ccc(-c2cccc([N+](=O)[O-])c2)o1. The van der Waals surface area contributed by atoms with E-state index in [0.717, 1.165) is 0 Å². The lowest BCUT2D eigenvalue weighted by atomic mass is 10.1. The normalized spacial score (nSPS) is 15.0. The first-order valence-electron chi connectivity index (χ1n) is 8.75. The Morgan fingerprint density at radius 2 is 1.90 bits per heavy atom. The van der Waals surface area contributed by atoms with Gasteiger partial charge >= 0.3 is 0 Å². The Morgan fingerprint density at radius 1 is 1.10 bits per heavy atom. The topological polar surface area (TPSA) is 89.0 Å². The summed E-state index contributed by atoms with van der Waals surface area (Å²) in [5, 5.41) is 17.2. The highest BCUT2D eigenvalue weighted by Crippen LogP contribution is 2.32. The molecule has 3 aromatic rings. The third kappa shape index (κ3) is 3.72. The van der Waals surface area contributed by atoms with Gasteiger partial charge in [0.2, 0.25) is 0 Å². The average Bonchev–Trinajstić information content (AvgIpc) is 3.30. The van der Waals surface area contributed by atoms with E-state index in [-0.39, 0.29) is 11.6 Å². The Kier molecular flexibility index (Phi) is 5.15. The quantitative estimate of drug-likeness (QED) is 0.283. The van der Waals surface area contributed by atoms with E-state index in [4.69, 9.17) is 27.6 Å². The van der Waals surface area contributed by atoms with Crippen molar-refractivity contribution in [2.75, 3.05) is 5.01 Å². The summed E-state index contributed by atoms with van der Waals surface area (Å²) in [6.07, 6.45) is 1.58. The first-order valence-corrected chi connectivity index (χ1v) is 9.50. The lowest BCUT2D eigenvalue weighted by Gasteiger charge is -2.12. The van der Waals surface area contributed by atoms with E-state index < -0.39 is 4.92 Å². The second-order valence-corrected chi connectivity index (χ2v) is 7.28. The number of nitro groups is 1. The summed E-state index contributed by atoms with van der Waals surface area (Å²) in [6.45, 7) is 1.71. The molecule has 7 nitrogen and oxygen atoms in total. The summed E-state index contributed by atoms with van der Waals surface area (Å²) < 4.78 is 5.78. The number of nitro benzene ring substituents is 1. The molecule has 9 heteroatoms. The third-order valence-electron chi connectivity index (χ3n) is 4.47. The molecule has 0 saturated carbocycles. The van der Waals surface area contributed by atoms with Crippen LogP contribution < -0.4 is 5.01 Å². The Morgan fingerprint density at radius 3 is 2.63 bits per heavy atom. The summed E-state index contributed by atoms with van der Waals surface area (Å²) in [4.78, 5) is 23.4. The molecule has 0 radical (unpaired) electrons. The van der Waals surface area contributed by atoms with Crippen LogP contribution in [0.3, 0.4) is 0 Å². The molecule has 0 N–H and O–H groups in total. The first kappa shape index (κ1) is 19.9. The highest BCUT2D eigenvalue weighted by Gasteiger charge is 2.29. The van der Waals surface area contributed by atoms with Crippen LogP contribution in [0.1, 0.15) is 12.7 Å². The predicted octanol–water partition coefficient (Wildman–Crippen LogP) is 5.97. The Labute approximate surface area is 181 Å². The van der Waals surface area contributed by atoms with Gasteiger partial charge in [-0.2, -0.15) is 10.1 Å². The molecule has 4 rings (SSSR count). The molecule has 1 aromatic heterocycles. The monoisotopic (exact) mass is 441 g/mol. The van der Waals surface area contributed by atoms with Crippen LogP contribution in [-0.4, -0.2) is 16.5 Å². The number of nitrogens with zero attached hydrogens (tertiary/aromatic N) is 3. The van der Waals surface area contributed by atoms with Gasteiger partial charge < -0.3 is 4.42 Å². The zero-order chi connectivity index (χ0) is 21.4. The molecular weight excluding hydrogens is 429 g/mol. The van der Waals surface area contributed by atoms with Crippen molar-refractivity contribution in [1.29, 1.82) is 0 Å². The molecule has 0 unspecified atom stereocenters. The fourth-order valence-electron chi connectivity index (χ4n) is 2.98. The van der Waals surface area contributed by atoms with Crippen molar-refractivity contribution in [2.45, 2.75) is 6.92 Å². The summed E-state index contributed by atoms with van der Waals surface area (Å²) in [6, 6.07) is 14.3. The van der Waals surface area contributed by atoms with Gasteiger partial charge in [-0.3, -0.25) is 14.9 Å².